The monoisotopic (exact) mass is 422 g/mol. The SMILES string of the molecule is Cc1cn(CC2CN(c3cc(F)c(N4CCN(C(=O)O)CC4)c(F)c3)C(=O)O2)nn1. The number of aryl methyl sites for hydroxylation is 1. The van der Waals surface area contributed by atoms with Crippen LogP contribution in [0.15, 0.2) is 18.3 Å². The van der Waals surface area contributed by atoms with Gasteiger partial charge in [0, 0.05) is 44.5 Å². The highest BCUT2D eigenvalue weighted by molar-refractivity contribution is 5.90. The number of carbonyl (C=O) groups excluding carboxylic acids is 1. The number of ether oxygens (including phenoxy) is 1. The molecule has 2 aliphatic heterocycles. The van der Waals surface area contributed by atoms with E-state index in [1.54, 1.807) is 13.1 Å². The van der Waals surface area contributed by atoms with Gasteiger partial charge in [-0.15, -0.1) is 5.10 Å². The van der Waals surface area contributed by atoms with Crippen LogP contribution in [0.4, 0.5) is 29.7 Å². The van der Waals surface area contributed by atoms with E-state index in [9.17, 15) is 18.4 Å². The van der Waals surface area contributed by atoms with Crippen LogP contribution in [0.1, 0.15) is 5.69 Å². The molecule has 160 valence electrons. The lowest BCUT2D eigenvalue weighted by Crippen LogP contribution is -2.48. The number of carboxylic acid groups (broad SMARTS) is 1. The van der Waals surface area contributed by atoms with Gasteiger partial charge in [-0.25, -0.2) is 23.1 Å². The molecule has 2 aliphatic rings. The number of hydrogen-bond acceptors (Lipinski definition) is 6. The van der Waals surface area contributed by atoms with Crippen LogP contribution in [-0.2, 0) is 11.3 Å². The summed E-state index contributed by atoms with van der Waals surface area (Å²) < 4.78 is 36.4. The van der Waals surface area contributed by atoms with Crippen LogP contribution in [0, 0.1) is 18.6 Å². The Morgan fingerprint density at radius 2 is 1.90 bits per heavy atom. The second-order valence-electron chi connectivity index (χ2n) is 7.21. The van der Waals surface area contributed by atoms with Gasteiger partial charge in [-0.1, -0.05) is 5.21 Å². The fourth-order valence-corrected chi connectivity index (χ4v) is 3.65. The fraction of sp³-hybridized carbons (Fsp3) is 0.444. The van der Waals surface area contributed by atoms with Gasteiger partial charge in [0.2, 0.25) is 0 Å². The topological polar surface area (TPSA) is 104 Å². The number of anilines is 2. The Bertz CT molecular complexity index is 952. The van der Waals surface area contributed by atoms with Gasteiger partial charge in [-0.3, -0.25) is 4.90 Å². The first kappa shape index (κ1) is 19.9. The van der Waals surface area contributed by atoms with Crippen LogP contribution in [0.2, 0.25) is 0 Å². The lowest BCUT2D eigenvalue weighted by atomic mass is 10.2. The molecule has 0 spiro atoms. The van der Waals surface area contributed by atoms with Crippen LogP contribution >= 0.6 is 0 Å². The average molecular weight is 422 g/mol. The number of rotatable bonds is 4. The normalized spacial score (nSPS) is 19.4. The Hall–Kier alpha value is -3.44. The predicted molar refractivity (Wildman–Crippen MR) is 101 cm³/mol. The molecule has 30 heavy (non-hydrogen) atoms. The fourth-order valence-electron chi connectivity index (χ4n) is 3.65. The first-order chi connectivity index (χ1) is 14.3. The Morgan fingerprint density at radius 1 is 1.23 bits per heavy atom. The number of nitrogens with zero attached hydrogens (tertiary/aromatic N) is 6. The number of cyclic esters (lactones) is 1. The van der Waals surface area contributed by atoms with Crippen LogP contribution < -0.4 is 9.80 Å². The number of halogens is 2. The van der Waals surface area contributed by atoms with Gasteiger partial charge in [0.25, 0.3) is 0 Å². The zero-order valence-electron chi connectivity index (χ0n) is 16.2. The molecule has 0 aliphatic carbocycles. The summed E-state index contributed by atoms with van der Waals surface area (Å²) in [5, 5.41) is 16.8. The summed E-state index contributed by atoms with van der Waals surface area (Å²) in [7, 11) is 0. The van der Waals surface area contributed by atoms with Crippen molar-refractivity contribution in [1.29, 1.82) is 0 Å². The number of hydrogen-bond donors (Lipinski definition) is 1. The van der Waals surface area contributed by atoms with Crippen molar-refractivity contribution in [2.45, 2.75) is 19.6 Å². The number of piperazine rings is 1. The van der Waals surface area contributed by atoms with Crippen LogP contribution in [0.5, 0.6) is 0 Å². The molecule has 0 bridgehead atoms. The van der Waals surface area contributed by atoms with E-state index in [-0.39, 0.29) is 50.6 Å². The van der Waals surface area contributed by atoms with Gasteiger partial charge in [-0.05, 0) is 6.92 Å². The van der Waals surface area contributed by atoms with E-state index < -0.39 is 29.9 Å². The second kappa shape index (κ2) is 7.76. The summed E-state index contributed by atoms with van der Waals surface area (Å²) >= 11 is 0. The van der Waals surface area contributed by atoms with E-state index >= 15 is 0 Å². The number of aromatic nitrogens is 3. The highest BCUT2D eigenvalue weighted by Gasteiger charge is 2.34. The molecule has 1 N–H and O–H groups in total. The second-order valence-corrected chi connectivity index (χ2v) is 7.21. The maximum absolute atomic E-state index is 14.8. The maximum atomic E-state index is 14.8. The maximum Gasteiger partial charge on any atom is 0.414 e. The molecule has 2 saturated heterocycles. The smallest absolute Gasteiger partial charge is 0.414 e. The van der Waals surface area contributed by atoms with Crippen LogP contribution in [0.3, 0.4) is 0 Å². The molecule has 2 amide bonds. The molecule has 3 heterocycles. The lowest BCUT2D eigenvalue weighted by molar-refractivity contribution is 0.129. The van der Waals surface area contributed by atoms with Gasteiger partial charge in [0.15, 0.2) is 11.6 Å². The van der Waals surface area contributed by atoms with E-state index in [0.29, 0.717) is 0 Å². The Labute approximate surface area is 170 Å². The molecular weight excluding hydrogens is 402 g/mol. The van der Waals surface area contributed by atoms with E-state index in [4.69, 9.17) is 9.84 Å². The van der Waals surface area contributed by atoms with Gasteiger partial charge in [-0.2, -0.15) is 0 Å². The minimum atomic E-state index is -1.06. The summed E-state index contributed by atoms with van der Waals surface area (Å²) in [6.07, 6.45) is -0.588. The molecule has 0 saturated carbocycles. The molecule has 12 heteroatoms. The Morgan fingerprint density at radius 3 is 2.47 bits per heavy atom. The summed E-state index contributed by atoms with van der Waals surface area (Å²) in [4.78, 5) is 27.1. The largest absolute Gasteiger partial charge is 0.465 e. The van der Waals surface area contributed by atoms with Crippen molar-refractivity contribution in [1.82, 2.24) is 19.9 Å². The van der Waals surface area contributed by atoms with Crippen molar-refractivity contribution < 1.29 is 28.2 Å². The first-order valence-corrected chi connectivity index (χ1v) is 9.38. The summed E-state index contributed by atoms with van der Waals surface area (Å²) in [5.74, 6) is -1.64. The minimum absolute atomic E-state index is 0.0557. The molecule has 10 nitrogen and oxygen atoms in total. The molecule has 1 aromatic heterocycles. The molecule has 0 radical (unpaired) electrons. The molecule has 2 aromatic rings. The van der Waals surface area contributed by atoms with Gasteiger partial charge >= 0.3 is 12.2 Å². The van der Waals surface area contributed by atoms with Gasteiger partial charge in [0.1, 0.15) is 11.8 Å². The van der Waals surface area contributed by atoms with Gasteiger partial charge < -0.3 is 19.6 Å². The molecular formula is C18H20F2N6O4. The zero-order chi connectivity index (χ0) is 21.4. The minimum Gasteiger partial charge on any atom is -0.465 e. The Kier molecular flexibility index (Phi) is 5.14. The van der Waals surface area contributed by atoms with Crippen LogP contribution in [-0.4, -0.2) is 76.0 Å². The number of carbonyl (C=O) groups is 2. The standard InChI is InChI=1S/C18H20F2N6O4/c1-11-8-25(22-21-11)9-13-10-26(18(29)30-13)12-6-14(19)16(15(20)7-12)23-2-4-24(5-3-23)17(27)28/h6-8,13H,2-5,9-10H2,1H3,(H,27,28). The van der Waals surface area contributed by atoms with Crippen molar-refractivity contribution in [2.24, 2.45) is 0 Å². The molecule has 2 fully saturated rings. The van der Waals surface area contributed by atoms with E-state index in [0.717, 1.165) is 17.8 Å². The highest BCUT2D eigenvalue weighted by atomic mass is 19.1. The third-order valence-corrected chi connectivity index (χ3v) is 5.10. The van der Waals surface area contributed by atoms with E-state index in [2.05, 4.69) is 10.3 Å². The summed E-state index contributed by atoms with van der Waals surface area (Å²) in [6, 6.07) is 2.18. The molecule has 1 aromatic carbocycles. The van der Waals surface area contributed by atoms with Crippen molar-refractivity contribution in [3.05, 3.63) is 35.7 Å². The van der Waals surface area contributed by atoms with E-state index in [1.165, 1.54) is 19.4 Å². The van der Waals surface area contributed by atoms with Gasteiger partial charge in [0.05, 0.1) is 24.5 Å². The van der Waals surface area contributed by atoms with Crippen molar-refractivity contribution in [3.8, 4) is 0 Å². The van der Waals surface area contributed by atoms with Crippen molar-refractivity contribution in [2.75, 3.05) is 42.5 Å². The predicted octanol–water partition coefficient (Wildman–Crippen LogP) is 1.69. The quantitative estimate of drug-likeness (QED) is 0.800. The summed E-state index contributed by atoms with van der Waals surface area (Å²) in [6.45, 7) is 2.82. The lowest BCUT2D eigenvalue weighted by Gasteiger charge is -2.35. The van der Waals surface area contributed by atoms with Crippen molar-refractivity contribution >= 4 is 23.6 Å². The summed E-state index contributed by atoms with van der Waals surface area (Å²) in [5.41, 5.74) is 0.547. The molecule has 1 unspecified atom stereocenters. The third-order valence-electron chi connectivity index (χ3n) is 5.10. The third kappa shape index (κ3) is 3.84. The number of amides is 2. The van der Waals surface area contributed by atoms with Crippen molar-refractivity contribution in [3.63, 3.8) is 0 Å². The molecule has 4 rings (SSSR count). The average Bonchev–Trinajstić information content (AvgIpc) is 3.26. The zero-order valence-corrected chi connectivity index (χ0v) is 16.2. The number of benzene rings is 1. The molecule has 1 atom stereocenters. The van der Waals surface area contributed by atoms with Crippen LogP contribution in [0.25, 0.3) is 0 Å². The first-order valence-electron chi connectivity index (χ1n) is 9.38. The highest BCUT2D eigenvalue weighted by Crippen LogP contribution is 2.31. The van der Waals surface area contributed by atoms with E-state index in [1.807, 2.05) is 0 Å². The Balaban J connectivity index is 1.48.